The van der Waals surface area contributed by atoms with E-state index >= 15 is 0 Å². The zero-order chi connectivity index (χ0) is 9.68. The minimum absolute atomic E-state index is 0.0395. The van der Waals surface area contributed by atoms with Gasteiger partial charge in [-0.1, -0.05) is 18.2 Å². The third kappa shape index (κ3) is 2.42. The predicted octanol–water partition coefficient (Wildman–Crippen LogP) is 1.84. The first-order valence-corrected chi connectivity index (χ1v) is 4.17. The Morgan fingerprint density at radius 2 is 2.23 bits per heavy atom. The third-order valence-corrected chi connectivity index (χ3v) is 1.79. The summed E-state index contributed by atoms with van der Waals surface area (Å²) in [5.41, 5.74) is 1.62. The van der Waals surface area contributed by atoms with Crippen molar-refractivity contribution in [3.8, 4) is 5.75 Å². The Morgan fingerprint density at radius 1 is 1.46 bits per heavy atom. The second-order valence-electron chi connectivity index (χ2n) is 2.76. The minimum atomic E-state index is -0.515. The van der Waals surface area contributed by atoms with E-state index in [-0.39, 0.29) is 13.2 Å². The first-order chi connectivity index (χ1) is 6.29. The molecule has 2 nitrogen and oxygen atoms in total. The van der Waals surface area contributed by atoms with E-state index in [0.717, 1.165) is 5.56 Å². The van der Waals surface area contributed by atoms with Crippen LogP contribution < -0.4 is 4.74 Å². The van der Waals surface area contributed by atoms with Crippen LogP contribution in [0.15, 0.2) is 18.2 Å². The third-order valence-electron chi connectivity index (χ3n) is 1.79. The average molecular weight is 184 g/mol. The highest BCUT2D eigenvalue weighted by molar-refractivity contribution is 5.40. The van der Waals surface area contributed by atoms with Crippen LogP contribution in [-0.4, -0.2) is 18.4 Å². The number of para-hydroxylation sites is 1. The zero-order valence-electron chi connectivity index (χ0n) is 7.59. The Morgan fingerprint density at radius 3 is 2.85 bits per heavy atom. The molecule has 0 atom stereocenters. The molecule has 0 unspecified atom stereocenters. The molecule has 0 saturated carbocycles. The molecule has 0 aliphatic heterocycles. The van der Waals surface area contributed by atoms with Crippen molar-refractivity contribution in [2.75, 3.05) is 13.3 Å². The Bertz CT molecular complexity index is 274. The van der Waals surface area contributed by atoms with E-state index in [1.54, 1.807) is 6.07 Å². The molecule has 1 aromatic carbocycles. The monoisotopic (exact) mass is 184 g/mol. The van der Waals surface area contributed by atoms with Crippen molar-refractivity contribution in [2.24, 2.45) is 0 Å². The lowest BCUT2D eigenvalue weighted by Crippen LogP contribution is -2.03. The van der Waals surface area contributed by atoms with E-state index in [4.69, 9.17) is 9.84 Å². The summed E-state index contributed by atoms with van der Waals surface area (Å²) in [5.74, 6) is 0.600. The number of alkyl halides is 1. The summed E-state index contributed by atoms with van der Waals surface area (Å²) >= 11 is 0. The predicted molar refractivity (Wildman–Crippen MR) is 48.6 cm³/mol. The van der Waals surface area contributed by atoms with E-state index in [0.29, 0.717) is 11.3 Å². The molecule has 1 N–H and O–H groups in total. The smallest absolute Gasteiger partial charge is 0.127 e. The van der Waals surface area contributed by atoms with E-state index in [2.05, 4.69) is 0 Å². The van der Waals surface area contributed by atoms with Gasteiger partial charge in [0.1, 0.15) is 19.0 Å². The Hall–Kier alpha value is -1.09. The molecular weight excluding hydrogens is 171 g/mol. The molecule has 0 amide bonds. The van der Waals surface area contributed by atoms with Crippen LogP contribution in [0.25, 0.3) is 0 Å². The van der Waals surface area contributed by atoms with Gasteiger partial charge in [0, 0.05) is 5.56 Å². The van der Waals surface area contributed by atoms with Gasteiger partial charge >= 0.3 is 0 Å². The number of rotatable bonds is 4. The van der Waals surface area contributed by atoms with Crippen molar-refractivity contribution >= 4 is 0 Å². The molecule has 72 valence electrons. The number of ether oxygens (including phenoxy) is 1. The standard InChI is InChI=1S/C10H13FO2/c1-8-3-2-4-9(7-12)10(8)13-6-5-11/h2-4,12H,5-7H2,1H3. The average Bonchev–Trinajstić information content (AvgIpc) is 2.15. The number of halogens is 1. The fraction of sp³-hybridized carbons (Fsp3) is 0.400. The molecular formula is C10H13FO2. The lowest BCUT2D eigenvalue weighted by molar-refractivity contribution is 0.247. The molecule has 0 saturated heterocycles. The molecule has 1 rings (SSSR count). The molecule has 0 radical (unpaired) electrons. The van der Waals surface area contributed by atoms with E-state index in [1.165, 1.54) is 0 Å². The summed E-state index contributed by atoms with van der Waals surface area (Å²) in [4.78, 5) is 0. The molecule has 0 aromatic heterocycles. The van der Waals surface area contributed by atoms with Gasteiger partial charge in [0.05, 0.1) is 6.61 Å². The van der Waals surface area contributed by atoms with Crippen molar-refractivity contribution in [3.63, 3.8) is 0 Å². The molecule has 13 heavy (non-hydrogen) atoms. The van der Waals surface area contributed by atoms with Crippen LogP contribution >= 0.6 is 0 Å². The second kappa shape index (κ2) is 4.82. The summed E-state index contributed by atoms with van der Waals surface area (Å²) in [6.45, 7) is 1.31. The Kier molecular flexibility index (Phi) is 3.71. The Balaban J connectivity index is 2.87. The summed E-state index contributed by atoms with van der Waals surface area (Å²) in [7, 11) is 0. The van der Waals surface area contributed by atoms with Crippen LogP contribution in [0.5, 0.6) is 5.75 Å². The van der Waals surface area contributed by atoms with Crippen molar-refractivity contribution < 1.29 is 14.2 Å². The van der Waals surface area contributed by atoms with Gasteiger partial charge in [0.25, 0.3) is 0 Å². The van der Waals surface area contributed by atoms with Crippen LogP contribution in [0, 0.1) is 6.92 Å². The number of benzene rings is 1. The van der Waals surface area contributed by atoms with E-state index < -0.39 is 6.67 Å². The lowest BCUT2D eigenvalue weighted by Gasteiger charge is -2.11. The number of aliphatic hydroxyl groups excluding tert-OH is 1. The second-order valence-corrected chi connectivity index (χ2v) is 2.76. The molecule has 1 aromatic rings. The molecule has 0 aliphatic carbocycles. The number of aliphatic hydroxyl groups is 1. The molecule has 0 bridgehead atoms. The fourth-order valence-corrected chi connectivity index (χ4v) is 1.18. The Labute approximate surface area is 77.0 Å². The molecule has 0 fully saturated rings. The minimum Gasteiger partial charge on any atom is -0.490 e. The van der Waals surface area contributed by atoms with Crippen molar-refractivity contribution in [2.45, 2.75) is 13.5 Å². The quantitative estimate of drug-likeness (QED) is 0.773. The van der Waals surface area contributed by atoms with Crippen molar-refractivity contribution in [1.82, 2.24) is 0 Å². The summed E-state index contributed by atoms with van der Waals surface area (Å²) in [6, 6.07) is 5.47. The first kappa shape index (κ1) is 9.99. The number of hydrogen-bond donors (Lipinski definition) is 1. The summed E-state index contributed by atoms with van der Waals surface area (Å²) in [6.07, 6.45) is 0. The van der Waals surface area contributed by atoms with Gasteiger partial charge < -0.3 is 9.84 Å². The van der Waals surface area contributed by atoms with E-state index in [1.807, 2.05) is 19.1 Å². The van der Waals surface area contributed by atoms with E-state index in [9.17, 15) is 4.39 Å². The molecule has 3 heteroatoms. The number of hydrogen-bond acceptors (Lipinski definition) is 2. The SMILES string of the molecule is Cc1cccc(CO)c1OCCF. The van der Waals surface area contributed by atoms with Crippen LogP contribution in [0.4, 0.5) is 4.39 Å². The fourth-order valence-electron chi connectivity index (χ4n) is 1.18. The van der Waals surface area contributed by atoms with Gasteiger partial charge in [-0.3, -0.25) is 0 Å². The van der Waals surface area contributed by atoms with Crippen LogP contribution in [0.3, 0.4) is 0 Å². The van der Waals surface area contributed by atoms with Gasteiger partial charge in [-0.05, 0) is 12.5 Å². The highest BCUT2D eigenvalue weighted by Gasteiger charge is 2.04. The maximum absolute atomic E-state index is 11.9. The van der Waals surface area contributed by atoms with Crippen molar-refractivity contribution in [3.05, 3.63) is 29.3 Å². The lowest BCUT2D eigenvalue weighted by atomic mass is 10.1. The van der Waals surface area contributed by atoms with Crippen LogP contribution in [0.1, 0.15) is 11.1 Å². The molecule has 0 heterocycles. The van der Waals surface area contributed by atoms with Gasteiger partial charge in [0.2, 0.25) is 0 Å². The van der Waals surface area contributed by atoms with Gasteiger partial charge in [0.15, 0.2) is 0 Å². The van der Waals surface area contributed by atoms with Gasteiger partial charge in [-0.25, -0.2) is 4.39 Å². The largest absolute Gasteiger partial charge is 0.490 e. The first-order valence-electron chi connectivity index (χ1n) is 4.17. The maximum atomic E-state index is 11.9. The molecule has 0 spiro atoms. The highest BCUT2D eigenvalue weighted by atomic mass is 19.1. The zero-order valence-corrected chi connectivity index (χ0v) is 7.59. The van der Waals surface area contributed by atoms with Gasteiger partial charge in [-0.15, -0.1) is 0 Å². The van der Waals surface area contributed by atoms with Crippen LogP contribution in [-0.2, 0) is 6.61 Å². The van der Waals surface area contributed by atoms with Crippen molar-refractivity contribution in [1.29, 1.82) is 0 Å². The maximum Gasteiger partial charge on any atom is 0.127 e. The highest BCUT2D eigenvalue weighted by Crippen LogP contribution is 2.23. The normalized spacial score (nSPS) is 10.1. The molecule has 0 aliphatic rings. The van der Waals surface area contributed by atoms with Gasteiger partial charge in [-0.2, -0.15) is 0 Å². The summed E-state index contributed by atoms with van der Waals surface area (Å²) < 4.78 is 17.0. The number of aryl methyl sites for hydroxylation is 1. The topological polar surface area (TPSA) is 29.5 Å². The summed E-state index contributed by atoms with van der Waals surface area (Å²) in [5, 5.41) is 8.97. The van der Waals surface area contributed by atoms with Crippen LogP contribution in [0.2, 0.25) is 0 Å².